The summed E-state index contributed by atoms with van der Waals surface area (Å²) in [5.41, 5.74) is 14.7. The molecule has 0 saturated carbocycles. The highest BCUT2D eigenvalue weighted by Gasteiger charge is 2.26. The van der Waals surface area contributed by atoms with E-state index in [2.05, 4.69) is 43.2 Å². The number of H-pyrrole nitrogens is 2. The summed E-state index contributed by atoms with van der Waals surface area (Å²) in [6, 6.07) is 31.1. The molecule has 2 amide bonds. The molecule has 11 nitrogen and oxygen atoms in total. The molecule has 0 unspecified atom stereocenters. The number of nitrogens with one attached hydrogen (secondary N) is 4. The highest BCUT2D eigenvalue weighted by molar-refractivity contribution is 5.90. The number of anilines is 2. The summed E-state index contributed by atoms with van der Waals surface area (Å²) in [5, 5.41) is 38.4. The van der Waals surface area contributed by atoms with Crippen LogP contribution in [0.4, 0.5) is 25.0 Å². The second-order valence-corrected chi connectivity index (χ2v) is 12.0. The Kier molecular flexibility index (Phi) is 10.9. The van der Waals surface area contributed by atoms with E-state index in [-0.39, 0.29) is 17.2 Å². The summed E-state index contributed by atoms with van der Waals surface area (Å²) in [5.74, 6) is -1.14. The van der Waals surface area contributed by atoms with Crippen LogP contribution in [0.1, 0.15) is 33.6 Å². The number of nitrogens with two attached hydrogens (primary N) is 1. The number of benzene rings is 4. The van der Waals surface area contributed by atoms with Crippen molar-refractivity contribution in [3.8, 4) is 34.7 Å². The van der Waals surface area contributed by atoms with Crippen molar-refractivity contribution in [2.45, 2.75) is 25.9 Å². The molecule has 0 radical (unpaired) electrons. The molecule has 13 heteroatoms. The summed E-state index contributed by atoms with van der Waals surface area (Å²) in [6.45, 7) is 2.94. The van der Waals surface area contributed by atoms with Gasteiger partial charge in [0.15, 0.2) is 0 Å². The van der Waals surface area contributed by atoms with E-state index < -0.39 is 11.6 Å². The van der Waals surface area contributed by atoms with Gasteiger partial charge in [-0.3, -0.25) is 10.2 Å². The zero-order valence-electron chi connectivity index (χ0n) is 28.0. The van der Waals surface area contributed by atoms with Crippen LogP contribution < -0.4 is 16.4 Å². The van der Waals surface area contributed by atoms with E-state index in [1.807, 2.05) is 48.5 Å². The van der Waals surface area contributed by atoms with Crippen LogP contribution >= 0.6 is 0 Å². The van der Waals surface area contributed by atoms with Gasteiger partial charge in [0.05, 0.1) is 29.1 Å². The monoisotopic (exact) mass is 696 g/mol. The zero-order valence-corrected chi connectivity index (χ0v) is 28.0. The second-order valence-electron chi connectivity index (χ2n) is 12.0. The standard InChI is InChI=1S/C20H16FN5O.C12H13N3.C7H5FN2/c21-17-7-6-15(10-14(17)11-22)23-20(27)26-9-8-18-16(12-26)19(25-24-18)13-4-2-1-3-5-13;1-2-4-9(5-3-1)12-10-8-13-7-6-11(10)14-15-12;8-7-2-1-6(10)3-5(7)4-9/h1-7,10H,8-9,12H2,(H,23,27)(H,24,25);1-5,13H,6-8H2,(H,14,15);1-3H,10H2. The van der Waals surface area contributed by atoms with Crippen LogP contribution in [-0.2, 0) is 25.9 Å². The Labute approximate surface area is 298 Å². The predicted molar refractivity (Wildman–Crippen MR) is 193 cm³/mol. The number of nitriles is 2. The van der Waals surface area contributed by atoms with Crippen molar-refractivity contribution >= 4 is 17.4 Å². The quantitative estimate of drug-likeness (QED) is 0.128. The van der Waals surface area contributed by atoms with Gasteiger partial charge in [0.2, 0.25) is 0 Å². The maximum absolute atomic E-state index is 13.4. The average Bonchev–Trinajstić information content (AvgIpc) is 3.82. The van der Waals surface area contributed by atoms with Crippen molar-refractivity contribution < 1.29 is 13.6 Å². The normalized spacial score (nSPS) is 12.7. The summed E-state index contributed by atoms with van der Waals surface area (Å²) in [4.78, 5) is 14.3. The molecule has 6 N–H and O–H groups in total. The molecule has 2 aliphatic rings. The molecule has 2 aromatic heterocycles. The van der Waals surface area contributed by atoms with E-state index in [9.17, 15) is 13.6 Å². The van der Waals surface area contributed by atoms with Gasteiger partial charge in [-0.05, 0) is 36.4 Å². The Morgan fingerprint density at radius 3 is 1.96 bits per heavy atom. The topological polar surface area (TPSA) is 175 Å². The molecule has 4 aromatic carbocycles. The maximum Gasteiger partial charge on any atom is 0.322 e. The van der Waals surface area contributed by atoms with Crippen molar-refractivity contribution in [2.24, 2.45) is 0 Å². The largest absolute Gasteiger partial charge is 0.399 e. The molecular weight excluding hydrogens is 662 g/mol. The van der Waals surface area contributed by atoms with E-state index in [1.54, 1.807) is 17.0 Å². The lowest BCUT2D eigenvalue weighted by Gasteiger charge is -2.27. The van der Waals surface area contributed by atoms with Crippen LogP contribution in [0.2, 0.25) is 0 Å². The molecule has 4 heterocycles. The van der Waals surface area contributed by atoms with Crippen molar-refractivity contribution in [1.82, 2.24) is 30.6 Å². The minimum Gasteiger partial charge on any atom is -0.399 e. The molecule has 260 valence electrons. The fraction of sp³-hybridized carbons (Fsp3) is 0.154. The van der Waals surface area contributed by atoms with Gasteiger partial charge >= 0.3 is 6.03 Å². The lowest BCUT2D eigenvalue weighted by molar-refractivity contribution is 0.206. The fourth-order valence-electron chi connectivity index (χ4n) is 5.88. The lowest BCUT2D eigenvalue weighted by Crippen LogP contribution is -2.38. The molecule has 0 saturated heterocycles. The number of carbonyl (C=O) groups excluding carboxylic acids is 1. The number of amides is 2. The van der Waals surface area contributed by atoms with Crippen molar-refractivity contribution in [3.05, 3.63) is 142 Å². The smallest absolute Gasteiger partial charge is 0.322 e. The van der Waals surface area contributed by atoms with E-state index >= 15 is 0 Å². The van der Waals surface area contributed by atoms with Gasteiger partial charge in [-0.2, -0.15) is 20.7 Å². The number of aromatic amines is 2. The number of hydrogen-bond donors (Lipinski definition) is 5. The Hall–Kier alpha value is -6.83. The molecule has 0 aliphatic carbocycles. The van der Waals surface area contributed by atoms with E-state index in [0.29, 0.717) is 30.9 Å². The average molecular weight is 697 g/mol. The number of nitrogen functional groups attached to an aromatic ring is 1. The third-order valence-electron chi connectivity index (χ3n) is 8.57. The van der Waals surface area contributed by atoms with E-state index in [1.165, 1.54) is 53.2 Å². The first-order valence-electron chi connectivity index (χ1n) is 16.5. The van der Waals surface area contributed by atoms with E-state index in [4.69, 9.17) is 16.3 Å². The summed E-state index contributed by atoms with van der Waals surface area (Å²) >= 11 is 0. The molecule has 0 bridgehead atoms. The summed E-state index contributed by atoms with van der Waals surface area (Å²) in [7, 11) is 0. The third kappa shape index (κ3) is 8.13. The number of hydrogen-bond acceptors (Lipinski definition) is 7. The predicted octanol–water partition coefficient (Wildman–Crippen LogP) is 6.68. The lowest BCUT2D eigenvalue weighted by atomic mass is 10.0. The van der Waals surface area contributed by atoms with Gasteiger partial charge in [-0.15, -0.1) is 0 Å². The molecular formula is C39H34F2N10O. The maximum atomic E-state index is 13.4. The van der Waals surface area contributed by atoms with Gasteiger partial charge in [-0.25, -0.2) is 13.6 Å². The number of urea groups is 1. The highest BCUT2D eigenvalue weighted by Crippen LogP contribution is 2.29. The molecule has 2 aliphatic heterocycles. The van der Waals surface area contributed by atoms with E-state index in [0.717, 1.165) is 47.7 Å². The molecule has 6 aromatic rings. The van der Waals surface area contributed by atoms with Crippen LogP contribution in [0.25, 0.3) is 22.5 Å². The Morgan fingerprint density at radius 2 is 1.35 bits per heavy atom. The minimum absolute atomic E-state index is 0.0139. The number of carbonyl (C=O) groups is 1. The number of aromatic nitrogens is 4. The second kappa shape index (κ2) is 16.3. The molecule has 8 rings (SSSR count). The Bertz CT molecular complexity index is 2250. The first kappa shape index (κ1) is 35.0. The fourth-order valence-corrected chi connectivity index (χ4v) is 5.88. The van der Waals surface area contributed by atoms with Gasteiger partial charge in [-0.1, -0.05) is 60.7 Å². The van der Waals surface area contributed by atoms with Crippen molar-refractivity contribution in [3.63, 3.8) is 0 Å². The van der Waals surface area contributed by atoms with Crippen molar-refractivity contribution in [1.29, 1.82) is 10.5 Å². The Morgan fingerprint density at radius 1 is 0.769 bits per heavy atom. The van der Waals surface area contributed by atoms with Crippen LogP contribution in [0.5, 0.6) is 0 Å². The first-order valence-corrected chi connectivity index (χ1v) is 16.5. The van der Waals surface area contributed by atoms with Gasteiger partial charge < -0.3 is 21.3 Å². The number of nitrogens with zero attached hydrogens (tertiary/aromatic N) is 5. The first-order chi connectivity index (χ1) is 25.3. The third-order valence-corrected chi connectivity index (χ3v) is 8.57. The molecule has 0 atom stereocenters. The van der Waals surface area contributed by atoms with Gasteiger partial charge in [0.25, 0.3) is 0 Å². The molecule has 0 spiro atoms. The minimum atomic E-state index is -0.607. The number of rotatable bonds is 3. The molecule has 0 fully saturated rings. The highest BCUT2D eigenvalue weighted by atomic mass is 19.1. The van der Waals surface area contributed by atoms with Gasteiger partial charge in [0, 0.05) is 77.5 Å². The zero-order chi connectivity index (χ0) is 36.5. The van der Waals surface area contributed by atoms with Gasteiger partial charge in [0.1, 0.15) is 23.8 Å². The SMILES string of the molecule is N#Cc1cc(N)ccc1F.N#Cc1cc(NC(=O)N2CCc3[nH]nc(-c4ccccc4)c3C2)ccc1F.c1ccc(-c2n[nH]c3c2CNCC3)cc1. The van der Waals surface area contributed by atoms with Crippen LogP contribution in [0.3, 0.4) is 0 Å². The van der Waals surface area contributed by atoms with Crippen LogP contribution in [0, 0.1) is 34.3 Å². The Balaban J connectivity index is 0.000000155. The van der Waals surface area contributed by atoms with Crippen LogP contribution in [0.15, 0.2) is 97.1 Å². The number of fused-ring (bicyclic) bond motifs is 2. The van der Waals surface area contributed by atoms with Crippen molar-refractivity contribution in [2.75, 3.05) is 24.1 Å². The van der Waals surface area contributed by atoms with Crippen LogP contribution in [-0.4, -0.2) is 44.4 Å². The molecule has 52 heavy (non-hydrogen) atoms. The number of halogens is 2. The summed E-state index contributed by atoms with van der Waals surface area (Å²) in [6.07, 6.45) is 1.73. The summed E-state index contributed by atoms with van der Waals surface area (Å²) < 4.78 is 25.9.